The minimum Gasteiger partial charge on any atom is -0.467 e. The van der Waals surface area contributed by atoms with Gasteiger partial charge in [0.15, 0.2) is 11.6 Å². The molecule has 178 valence electrons. The van der Waals surface area contributed by atoms with Crippen molar-refractivity contribution in [1.29, 1.82) is 0 Å². The summed E-state index contributed by atoms with van der Waals surface area (Å²) in [5, 5.41) is 11.4. The van der Waals surface area contributed by atoms with Crippen molar-refractivity contribution in [3.05, 3.63) is 65.9 Å². The molecule has 0 fully saturated rings. The maximum atomic E-state index is 13.3. The molecule has 3 aromatic rings. The van der Waals surface area contributed by atoms with E-state index in [1.54, 1.807) is 38.1 Å². The molecule has 0 aliphatic heterocycles. The van der Waals surface area contributed by atoms with Crippen LogP contribution in [0.3, 0.4) is 0 Å². The first-order valence-electron chi connectivity index (χ1n) is 10.2. The molecule has 1 heterocycles. The van der Waals surface area contributed by atoms with E-state index in [1.807, 2.05) is 0 Å². The molecule has 0 unspecified atom stereocenters. The molecule has 3 amide bonds. The molecule has 3 rings (SSSR count). The fourth-order valence-electron chi connectivity index (χ4n) is 2.95. The molecular weight excluding hydrogens is 450 g/mol. The van der Waals surface area contributed by atoms with Gasteiger partial charge in [-0.15, -0.1) is 0 Å². The fourth-order valence-corrected chi connectivity index (χ4v) is 2.95. The molecule has 11 heteroatoms. The minimum atomic E-state index is -1.08. The van der Waals surface area contributed by atoms with E-state index in [9.17, 15) is 23.2 Å². The molecule has 2 aromatic carbocycles. The second-order valence-electron chi connectivity index (χ2n) is 7.58. The van der Waals surface area contributed by atoms with Crippen LogP contribution in [-0.2, 0) is 9.53 Å². The molecule has 1 aromatic heterocycles. The number of carbonyl (C=O) groups excluding carboxylic acids is 3. The van der Waals surface area contributed by atoms with Crippen LogP contribution in [0.1, 0.15) is 24.4 Å². The Morgan fingerprint density at radius 1 is 0.941 bits per heavy atom. The first-order valence-corrected chi connectivity index (χ1v) is 10.2. The fraction of sp³-hybridized carbons (Fsp3) is 0.217. The van der Waals surface area contributed by atoms with Gasteiger partial charge in [0.1, 0.15) is 11.7 Å². The van der Waals surface area contributed by atoms with Crippen molar-refractivity contribution in [2.45, 2.75) is 19.9 Å². The highest BCUT2D eigenvalue weighted by atomic mass is 19.2. The summed E-state index contributed by atoms with van der Waals surface area (Å²) < 4.78 is 36.0. The number of aromatic nitrogens is 1. The van der Waals surface area contributed by atoms with Crippen LogP contribution in [-0.4, -0.2) is 36.2 Å². The Balaban J connectivity index is 1.62. The highest BCUT2D eigenvalue weighted by Crippen LogP contribution is 2.22. The van der Waals surface area contributed by atoms with Gasteiger partial charge in [-0.05, 0) is 30.2 Å². The van der Waals surface area contributed by atoms with Gasteiger partial charge in [-0.25, -0.2) is 18.4 Å². The third-order valence-electron chi connectivity index (χ3n) is 4.76. The van der Waals surface area contributed by atoms with Crippen molar-refractivity contribution in [1.82, 2.24) is 10.5 Å². The number of halogens is 2. The summed E-state index contributed by atoms with van der Waals surface area (Å²) in [6.45, 7) is 3.53. The molecule has 9 nitrogen and oxygen atoms in total. The van der Waals surface area contributed by atoms with Crippen LogP contribution in [0.25, 0.3) is 11.3 Å². The van der Waals surface area contributed by atoms with Crippen LogP contribution in [0.5, 0.6) is 0 Å². The highest BCUT2D eigenvalue weighted by Gasteiger charge is 2.27. The summed E-state index contributed by atoms with van der Waals surface area (Å²) in [4.78, 5) is 36.3. The van der Waals surface area contributed by atoms with Crippen LogP contribution in [0.15, 0.2) is 53.1 Å². The Morgan fingerprint density at radius 2 is 1.59 bits per heavy atom. The van der Waals surface area contributed by atoms with Gasteiger partial charge in [-0.1, -0.05) is 31.1 Å². The molecule has 0 aliphatic carbocycles. The quantitative estimate of drug-likeness (QED) is 0.443. The van der Waals surface area contributed by atoms with E-state index in [-0.39, 0.29) is 17.4 Å². The van der Waals surface area contributed by atoms with Crippen LogP contribution in [0.2, 0.25) is 0 Å². The number of ether oxygens (including phenoxy) is 1. The largest absolute Gasteiger partial charge is 0.467 e. The average molecular weight is 472 g/mol. The third-order valence-corrected chi connectivity index (χ3v) is 4.76. The number of nitrogens with zero attached hydrogens (tertiary/aromatic N) is 1. The third kappa shape index (κ3) is 5.94. The number of nitrogens with one attached hydrogen (secondary N) is 3. The molecule has 34 heavy (non-hydrogen) atoms. The number of methoxy groups -OCH3 is 1. The number of esters is 1. The number of benzene rings is 2. The lowest BCUT2D eigenvalue weighted by Crippen LogP contribution is -2.44. The lowest BCUT2D eigenvalue weighted by molar-refractivity contribution is -0.144. The van der Waals surface area contributed by atoms with E-state index in [4.69, 9.17) is 9.26 Å². The topological polar surface area (TPSA) is 123 Å². The first-order chi connectivity index (χ1) is 16.2. The summed E-state index contributed by atoms with van der Waals surface area (Å²) >= 11 is 0. The molecular formula is C23H22F2N4O5. The van der Waals surface area contributed by atoms with Crippen molar-refractivity contribution in [3.8, 4) is 11.3 Å². The summed E-state index contributed by atoms with van der Waals surface area (Å²) in [5.41, 5.74) is 1.47. The molecule has 3 N–H and O–H groups in total. The molecule has 0 saturated carbocycles. The van der Waals surface area contributed by atoms with Gasteiger partial charge in [-0.2, -0.15) is 0 Å². The molecule has 0 radical (unpaired) electrons. The van der Waals surface area contributed by atoms with Gasteiger partial charge >= 0.3 is 12.0 Å². The molecule has 0 bridgehead atoms. The standard InChI is InChI=1S/C23H22F2N4O5/c1-12(2)20(22(31)33-3)28-21(30)19-11-18(29-34-19)13-4-6-14(7-5-13)26-23(32)27-15-8-9-16(24)17(25)10-15/h4-12,20H,1-3H3,(H,28,30)(H2,26,27,32)/t20-/m0/s1. The number of hydrogen-bond donors (Lipinski definition) is 3. The summed E-state index contributed by atoms with van der Waals surface area (Å²) in [5.74, 6) is -3.56. The normalized spacial score (nSPS) is 11.6. The van der Waals surface area contributed by atoms with E-state index in [2.05, 4.69) is 21.1 Å². The van der Waals surface area contributed by atoms with E-state index in [1.165, 1.54) is 19.2 Å². The lowest BCUT2D eigenvalue weighted by atomic mass is 10.0. The zero-order valence-corrected chi connectivity index (χ0v) is 18.5. The SMILES string of the molecule is COC(=O)[C@@H](NC(=O)c1cc(-c2ccc(NC(=O)Nc3ccc(F)c(F)c3)cc2)no1)C(C)C. The number of urea groups is 1. The highest BCUT2D eigenvalue weighted by molar-refractivity contribution is 6.00. The van der Waals surface area contributed by atoms with Gasteiger partial charge in [0, 0.05) is 29.1 Å². The Kier molecular flexibility index (Phi) is 7.57. The Hall–Kier alpha value is -4.28. The van der Waals surface area contributed by atoms with Gasteiger partial charge < -0.3 is 25.2 Å². The second kappa shape index (κ2) is 10.6. The summed E-state index contributed by atoms with van der Waals surface area (Å²) in [6, 6.07) is 9.38. The maximum Gasteiger partial charge on any atom is 0.328 e. The first kappa shape index (κ1) is 24.4. The smallest absolute Gasteiger partial charge is 0.328 e. The van der Waals surface area contributed by atoms with Crippen molar-refractivity contribution in [2.75, 3.05) is 17.7 Å². The second-order valence-corrected chi connectivity index (χ2v) is 7.58. The maximum absolute atomic E-state index is 13.3. The molecule has 0 saturated heterocycles. The Bertz CT molecular complexity index is 1190. The van der Waals surface area contributed by atoms with Crippen LogP contribution in [0.4, 0.5) is 25.0 Å². The van der Waals surface area contributed by atoms with Crippen molar-refractivity contribution < 1.29 is 32.4 Å². The Morgan fingerprint density at radius 3 is 2.21 bits per heavy atom. The van der Waals surface area contributed by atoms with Crippen molar-refractivity contribution in [3.63, 3.8) is 0 Å². The number of amides is 3. The van der Waals surface area contributed by atoms with E-state index in [0.29, 0.717) is 16.9 Å². The van der Waals surface area contributed by atoms with E-state index < -0.39 is 35.6 Å². The lowest BCUT2D eigenvalue weighted by Gasteiger charge is -2.18. The predicted molar refractivity (Wildman–Crippen MR) is 119 cm³/mol. The van der Waals surface area contributed by atoms with Gasteiger partial charge in [0.05, 0.1) is 7.11 Å². The van der Waals surface area contributed by atoms with Crippen LogP contribution < -0.4 is 16.0 Å². The monoisotopic (exact) mass is 472 g/mol. The summed E-state index contributed by atoms with van der Waals surface area (Å²) in [7, 11) is 1.24. The average Bonchev–Trinajstić information content (AvgIpc) is 3.30. The van der Waals surface area contributed by atoms with Crippen LogP contribution in [0, 0.1) is 17.6 Å². The number of hydrogen-bond acceptors (Lipinski definition) is 6. The van der Waals surface area contributed by atoms with Gasteiger partial charge in [0.25, 0.3) is 5.91 Å². The van der Waals surface area contributed by atoms with Gasteiger partial charge in [0.2, 0.25) is 5.76 Å². The minimum absolute atomic E-state index is 0.0855. The predicted octanol–water partition coefficient (Wildman–Crippen LogP) is 4.19. The van der Waals surface area contributed by atoms with Crippen LogP contribution >= 0.6 is 0 Å². The van der Waals surface area contributed by atoms with E-state index in [0.717, 1.165) is 12.1 Å². The van der Waals surface area contributed by atoms with Gasteiger partial charge in [-0.3, -0.25) is 4.79 Å². The Labute approximate surface area is 193 Å². The summed E-state index contributed by atoms with van der Waals surface area (Å²) in [6.07, 6.45) is 0. The number of carbonyl (C=O) groups is 3. The van der Waals surface area contributed by atoms with E-state index >= 15 is 0 Å². The molecule has 1 atom stereocenters. The van der Waals surface area contributed by atoms with Crippen molar-refractivity contribution >= 4 is 29.3 Å². The number of rotatable bonds is 7. The van der Waals surface area contributed by atoms with Crippen molar-refractivity contribution in [2.24, 2.45) is 5.92 Å². The molecule has 0 spiro atoms. The molecule has 0 aliphatic rings. The zero-order chi connectivity index (χ0) is 24.8. The number of anilines is 2. The zero-order valence-electron chi connectivity index (χ0n) is 18.5.